The summed E-state index contributed by atoms with van der Waals surface area (Å²) < 4.78 is 0. The van der Waals surface area contributed by atoms with Crippen molar-refractivity contribution in [2.24, 2.45) is 0 Å². The first-order valence-corrected chi connectivity index (χ1v) is 6.70. The fraction of sp³-hybridized carbons (Fsp3) is 0.188. The van der Waals surface area contributed by atoms with E-state index in [-0.39, 0.29) is 5.91 Å². The quantitative estimate of drug-likeness (QED) is 0.882. The molecule has 0 radical (unpaired) electrons. The second-order valence-electron chi connectivity index (χ2n) is 4.45. The maximum Gasteiger partial charge on any atom is 0.274 e. The topological polar surface area (TPSA) is 77.8 Å². The van der Waals surface area contributed by atoms with E-state index in [9.17, 15) is 4.79 Å². The van der Waals surface area contributed by atoms with Crippen LogP contribution in [0.15, 0.2) is 42.6 Å². The molecule has 0 fully saturated rings. The molecule has 5 heteroatoms. The van der Waals surface area contributed by atoms with Gasteiger partial charge in [0.15, 0.2) is 0 Å². The Morgan fingerprint density at radius 3 is 2.67 bits per heavy atom. The van der Waals surface area contributed by atoms with Crippen molar-refractivity contribution in [3.63, 3.8) is 0 Å². The van der Waals surface area contributed by atoms with Crippen LogP contribution in [0.25, 0.3) is 0 Å². The Balaban J connectivity index is 2.07. The molecule has 1 amide bonds. The van der Waals surface area contributed by atoms with Crippen LogP contribution in [0.5, 0.6) is 0 Å². The number of carbonyl (C=O) groups is 1. The number of hydrogen-bond acceptors (Lipinski definition) is 4. The Labute approximate surface area is 123 Å². The molecule has 0 spiro atoms. The van der Waals surface area contributed by atoms with Gasteiger partial charge in [0.25, 0.3) is 5.91 Å². The Hall–Kier alpha value is -2.87. The van der Waals surface area contributed by atoms with Crippen molar-refractivity contribution in [3.05, 3.63) is 53.9 Å². The van der Waals surface area contributed by atoms with Crippen molar-refractivity contribution >= 4 is 17.3 Å². The number of anilines is 2. The lowest BCUT2D eigenvalue weighted by molar-refractivity contribution is 0.102. The van der Waals surface area contributed by atoms with Crippen LogP contribution in [0, 0.1) is 11.3 Å². The number of aromatic nitrogens is 1. The van der Waals surface area contributed by atoms with E-state index in [1.54, 1.807) is 24.4 Å². The molecular weight excluding hydrogens is 264 g/mol. The minimum atomic E-state index is -0.261. The lowest BCUT2D eigenvalue weighted by Gasteiger charge is -2.07. The lowest BCUT2D eigenvalue weighted by Crippen LogP contribution is -2.14. The van der Waals surface area contributed by atoms with Crippen LogP contribution in [0.2, 0.25) is 0 Å². The molecular formula is C16H16N4O. The van der Waals surface area contributed by atoms with Gasteiger partial charge in [0.2, 0.25) is 0 Å². The summed E-state index contributed by atoms with van der Waals surface area (Å²) in [5, 5.41) is 14.5. The molecule has 0 saturated heterocycles. The predicted octanol–water partition coefficient (Wildman–Crippen LogP) is 2.83. The van der Waals surface area contributed by atoms with Gasteiger partial charge in [-0.2, -0.15) is 5.26 Å². The summed E-state index contributed by atoms with van der Waals surface area (Å²) in [5.41, 5.74) is 2.82. The highest BCUT2D eigenvalue weighted by Gasteiger charge is 2.08. The third-order valence-corrected chi connectivity index (χ3v) is 2.87. The molecule has 2 N–H and O–H groups in total. The first kappa shape index (κ1) is 14.5. The third kappa shape index (κ3) is 4.05. The summed E-state index contributed by atoms with van der Waals surface area (Å²) in [5.74, 6) is -0.261. The average Bonchev–Trinajstić information content (AvgIpc) is 2.50. The fourth-order valence-electron chi connectivity index (χ4n) is 1.86. The minimum absolute atomic E-state index is 0.261. The number of rotatable bonds is 5. The second kappa shape index (κ2) is 7.06. The highest BCUT2D eigenvalue weighted by molar-refractivity contribution is 6.03. The van der Waals surface area contributed by atoms with E-state index >= 15 is 0 Å². The van der Waals surface area contributed by atoms with Crippen molar-refractivity contribution in [1.82, 2.24) is 4.98 Å². The molecule has 0 unspecified atom stereocenters. The van der Waals surface area contributed by atoms with Crippen molar-refractivity contribution in [2.45, 2.75) is 13.3 Å². The molecule has 2 rings (SSSR count). The van der Waals surface area contributed by atoms with E-state index < -0.39 is 0 Å². The predicted molar refractivity (Wildman–Crippen MR) is 82.1 cm³/mol. The number of nitrogens with zero attached hydrogens (tertiary/aromatic N) is 2. The summed E-state index contributed by atoms with van der Waals surface area (Å²) in [4.78, 5) is 16.2. The number of amides is 1. The molecule has 2 aromatic rings. The lowest BCUT2D eigenvalue weighted by atomic mass is 10.1. The van der Waals surface area contributed by atoms with Crippen LogP contribution in [-0.2, 0) is 6.42 Å². The molecule has 1 heterocycles. The fourth-order valence-corrected chi connectivity index (χ4v) is 1.86. The standard InChI is InChI=1S/C16H16N4O/c1-2-18-14-8-10-19-15(11-14)16(21)20-13-5-3-12(4-6-13)7-9-17/h3-6,8,10-11H,2,7H2,1H3,(H,18,19)(H,20,21). The van der Waals surface area contributed by atoms with Gasteiger partial charge in [-0.25, -0.2) is 0 Å². The van der Waals surface area contributed by atoms with Crippen molar-refractivity contribution in [2.75, 3.05) is 17.2 Å². The highest BCUT2D eigenvalue weighted by Crippen LogP contribution is 2.13. The van der Waals surface area contributed by atoms with Gasteiger partial charge in [-0.3, -0.25) is 9.78 Å². The smallest absolute Gasteiger partial charge is 0.274 e. The number of pyridine rings is 1. The third-order valence-electron chi connectivity index (χ3n) is 2.87. The Bertz CT molecular complexity index is 659. The van der Waals surface area contributed by atoms with E-state index in [2.05, 4.69) is 21.7 Å². The Morgan fingerprint density at radius 2 is 2.00 bits per heavy atom. The molecule has 1 aromatic carbocycles. The summed E-state index contributed by atoms with van der Waals surface area (Å²) in [6.07, 6.45) is 1.96. The zero-order chi connectivity index (χ0) is 15.1. The number of nitrogens with one attached hydrogen (secondary N) is 2. The van der Waals surface area contributed by atoms with Crippen molar-refractivity contribution in [1.29, 1.82) is 5.26 Å². The largest absolute Gasteiger partial charge is 0.385 e. The van der Waals surface area contributed by atoms with Gasteiger partial charge in [0.05, 0.1) is 12.5 Å². The zero-order valence-corrected chi connectivity index (χ0v) is 11.8. The van der Waals surface area contributed by atoms with Crippen LogP contribution < -0.4 is 10.6 Å². The summed E-state index contributed by atoms with van der Waals surface area (Å²) in [7, 11) is 0. The van der Waals surface area contributed by atoms with Crippen LogP contribution in [0.3, 0.4) is 0 Å². The van der Waals surface area contributed by atoms with Gasteiger partial charge in [0.1, 0.15) is 5.69 Å². The highest BCUT2D eigenvalue weighted by atomic mass is 16.1. The number of hydrogen-bond donors (Lipinski definition) is 2. The van der Waals surface area contributed by atoms with E-state index in [1.807, 2.05) is 25.1 Å². The minimum Gasteiger partial charge on any atom is -0.385 e. The van der Waals surface area contributed by atoms with Gasteiger partial charge >= 0.3 is 0 Å². The molecule has 0 aliphatic carbocycles. The Morgan fingerprint density at radius 1 is 1.24 bits per heavy atom. The average molecular weight is 280 g/mol. The van der Waals surface area contributed by atoms with Gasteiger partial charge in [-0.15, -0.1) is 0 Å². The van der Waals surface area contributed by atoms with Crippen LogP contribution in [0.4, 0.5) is 11.4 Å². The molecule has 0 bridgehead atoms. The van der Waals surface area contributed by atoms with Crippen molar-refractivity contribution < 1.29 is 4.79 Å². The molecule has 5 nitrogen and oxygen atoms in total. The normalized spacial score (nSPS) is 9.71. The molecule has 0 aliphatic heterocycles. The first-order valence-electron chi connectivity index (χ1n) is 6.70. The van der Waals surface area contributed by atoms with Gasteiger partial charge in [-0.05, 0) is 36.8 Å². The number of nitriles is 1. The van der Waals surface area contributed by atoms with Crippen LogP contribution >= 0.6 is 0 Å². The van der Waals surface area contributed by atoms with E-state index in [1.165, 1.54) is 0 Å². The second-order valence-corrected chi connectivity index (χ2v) is 4.45. The Kier molecular flexibility index (Phi) is 4.89. The maximum absolute atomic E-state index is 12.1. The first-order chi connectivity index (χ1) is 10.2. The molecule has 21 heavy (non-hydrogen) atoms. The molecule has 0 atom stereocenters. The summed E-state index contributed by atoms with van der Waals surface area (Å²) >= 11 is 0. The monoisotopic (exact) mass is 280 g/mol. The maximum atomic E-state index is 12.1. The van der Waals surface area contributed by atoms with Gasteiger partial charge in [-0.1, -0.05) is 12.1 Å². The van der Waals surface area contributed by atoms with Crippen LogP contribution in [-0.4, -0.2) is 17.4 Å². The summed E-state index contributed by atoms with van der Waals surface area (Å²) in [6, 6.07) is 12.8. The molecule has 106 valence electrons. The van der Waals surface area contributed by atoms with Crippen molar-refractivity contribution in [3.8, 4) is 6.07 Å². The van der Waals surface area contributed by atoms with Gasteiger partial charge in [0, 0.05) is 24.1 Å². The summed E-state index contributed by atoms with van der Waals surface area (Å²) in [6.45, 7) is 2.77. The SMILES string of the molecule is CCNc1ccnc(C(=O)Nc2ccc(CC#N)cc2)c1. The molecule has 0 saturated carbocycles. The number of carbonyl (C=O) groups excluding carboxylic acids is 1. The van der Waals surface area contributed by atoms with E-state index in [4.69, 9.17) is 5.26 Å². The van der Waals surface area contributed by atoms with E-state index in [0.717, 1.165) is 17.8 Å². The number of benzene rings is 1. The van der Waals surface area contributed by atoms with Gasteiger partial charge < -0.3 is 10.6 Å². The molecule has 0 aliphatic rings. The zero-order valence-electron chi connectivity index (χ0n) is 11.8. The van der Waals surface area contributed by atoms with E-state index in [0.29, 0.717) is 17.8 Å². The molecule has 1 aromatic heterocycles. The van der Waals surface area contributed by atoms with Crippen LogP contribution in [0.1, 0.15) is 23.0 Å².